The van der Waals surface area contributed by atoms with Crippen LogP contribution in [0.2, 0.25) is 0 Å². The van der Waals surface area contributed by atoms with Crippen LogP contribution in [0.25, 0.3) is 0 Å². The van der Waals surface area contributed by atoms with E-state index in [2.05, 4.69) is 6.92 Å². The molecule has 0 bridgehead atoms. The van der Waals surface area contributed by atoms with Crippen LogP contribution in [0.1, 0.15) is 77.6 Å². The van der Waals surface area contributed by atoms with Crippen LogP contribution in [0, 0.1) is 0 Å². The molecule has 0 radical (unpaired) electrons. The monoisotopic (exact) mass is 363 g/mol. The Morgan fingerprint density at radius 1 is 0.769 bits per heavy atom. The highest BCUT2D eigenvalue weighted by atomic mass is 16.6. The zero-order chi connectivity index (χ0) is 19.0. The predicted molar refractivity (Wildman–Crippen MR) is 103 cm³/mol. The number of ether oxygens (including phenoxy) is 2. The summed E-state index contributed by atoms with van der Waals surface area (Å²) >= 11 is 0. The topological polar surface area (TPSA) is 78.6 Å². The molecule has 0 amide bonds. The highest BCUT2D eigenvalue weighted by Crippen LogP contribution is 2.27. The van der Waals surface area contributed by atoms with Crippen molar-refractivity contribution in [2.45, 2.75) is 77.6 Å². The van der Waals surface area contributed by atoms with Crippen molar-refractivity contribution in [3.8, 4) is 11.5 Å². The first-order valence-corrected chi connectivity index (χ1v) is 9.87. The molecule has 0 spiro atoms. The maximum Gasteiger partial charge on any atom is 0.311 e. The molecular weight excluding hydrogens is 330 g/mol. The number of nitrogens with two attached hydrogens (primary N) is 1. The van der Waals surface area contributed by atoms with E-state index >= 15 is 0 Å². The average Bonchev–Trinajstić information content (AvgIpc) is 2.63. The van der Waals surface area contributed by atoms with Gasteiger partial charge in [0.15, 0.2) is 11.5 Å². The van der Waals surface area contributed by atoms with Gasteiger partial charge in [-0.15, -0.1) is 0 Å². The van der Waals surface area contributed by atoms with Crippen molar-refractivity contribution in [2.24, 2.45) is 5.73 Å². The summed E-state index contributed by atoms with van der Waals surface area (Å²) in [5.74, 6) is -0.000192. The van der Waals surface area contributed by atoms with Crippen LogP contribution in [-0.2, 0) is 9.59 Å². The highest BCUT2D eigenvalue weighted by Gasteiger charge is 2.13. The van der Waals surface area contributed by atoms with Crippen molar-refractivity contribution in [3.05, 3.63) is 24.3 Å². The van der Waals surface area contributed by atoms with E-state index in [1.54, 1.807) is 24.3 Å². The van der Waals surface area contributed by atoms with E-state index in [0.717, 1.165) is 38.5 Å². The third kappa shape index (κ3) is 10.2. The smallest absolute Gasteiger partial charge is 0.311 e. The number of carbonyl (C=O) groups excluding carboxylic acids is 2. The summed E-state index contributed by atoms with van der Waals surface area (Å²) in [5, 5.41) is 0. The summed E-state index contributed by atoms with van der Waals surface area (Å²) in [7, 11) is 0. The van der Waals surface area contributed by atoms with Gasteiger partial charge in [0, 0.05) is 12.8 Å². The van der Waals surface area contributed by atoms with Crippen molar-refractivity contribution in [1.82, 2.24) is 0 Å². The third-order valence-corrected chi connectivity index (χ3v) is 4.12. The number of esters is 2. The number of benzene rings is 1. The van der Waals surface area contributed by atoms with Gasteiger partial charge in [0.25, 0.3) is 0 Å². The molecule has 0 heterocycles. The molecule has 1 rings (SSSR count). The van der Waals surface area contributed by atoms with Gasteiger partial charge < -0.3 is 15.2 Å². The molecule has 0 atom stereocenters. The van der Waals surface area contributed by atoms with Crippen molar-refractivity contribution < 1.29 is 19.1 Å². The van der Waals surface area contributed by atoms with Crippen molar-refractivity contribution >= 4 is 11.9 Å². The maximum absolute atomic E-state index is 12.0. The van der Waals surface area contributed by atoms with Gasteiger partial charge in [-0.05, 0) is 37.9 Å². The lowest BCUT2D eigenvalue weighted by Gasteiger charge is -2.10. The second-order valence-corrected chi connectivity index (χ2v) is 6.51. The van der Waals surface area contributed by atoms with Crippen LogP contribution in [0.15, 0.2) is 24.3 Å². The normalized spacial score (nSPS) is 10.5. The Hall–Kier alpha value is -1.88. The Morgan fingerprint density at radius 3 is 1.73 bits per heavy atom. The van der Waals surface area contributed by atoms with Crippen LogP contribution in [0.5, 0.6) is 11.5 Å². The molecule has 0 fully saturated rings. The van der Waals surface area contributed by atoms with Crippen LogP contribution < -0.4 is 15.2 Å². The van der Waals surface area contributed by atoms with Gasteiger partial charge in [-0.2, -0.15) is 0 Å². The average molecular weight is 363 g/mol. The molecule has 5 heteroatoms. The second kappa shape index (κ2) is 14.3. The Morgan fingerprint density at radius 2 is 1.23 bits per heavy atom. The van der Waals surface area contributed by atoms with Gasteiger partial charge in [-0.1, -0.05) is 57.6 Å². The fraction of sp³-hybridized carbons (Fsp3) is 0.619. The molecule has 5 nitrogen and oxygen atoms in total. The van der Waals surface area contributed by atoms with E-state index in [0.29, 0.717) is 30.9 Å². The van der Waals surface area contributed by atoms with Gasteiger partial charge in [-0.3, -0.25) is 9.59 Å². The third-order valence-electron chi connectivity index (χ3n) is 4.12. The van der Waals surface area contributed by atoms with Gasteiger partial charge in [0.05, 0.1) is 0 Å². The number of rotatable bonds is 14. The van der Waals surface area contributed by atoms with E-state index < -0.39 is 0 Å². The van der Waals surface area contributed by atoms with E-state index in [1.165, 1.54) is 19.3 Å². The quantitative estimate of drug-likeness (QED) is 0.293. The lowest BCUT2D eigenvalue weighted by Crippen LogP contribution is -2.12. The summed E-state index contributed by atoms with van der Waals surface area (Å²) in [6.45, 7) is 2.81. The molecular formula is C21H33NO4. The Labute approximate surface area is 157 Å². The van der Waals surface area contributed by atoms with Gasteiger partial charge in [0.2, 0.25) is 0 Å². The molecule has 0 aromatic heterocycles. The number of unbranched alkanes of at least 4 members (excludes halogenated alkanes) is 7. The highest BCUT2D eigenvalue weighted by molar-refractivity contribution is 5.76. The molecule has 26 heavy (non-hydrogen) atoms. The van der Waals surface area contributed by atoms with Crippen molar-refractivity contribution in [2.75, 3.05) is 6.54 Å². The van der Waals surface area contributed by atoms with Crippen molar-refractivity contribution in [3.63, 3.8) is 0 Å². The number of carbonyl (C=O) groups is 2. The van der Waals surface area contributed by atoms with E-state index in [1.807, 2.05) is 0 Å². The van der Waals surface area contributed by atoms with Crippen LogP contribution >= 0.6 is 0 Å². The molecule has 0 aliphatic carbocycles. The first-order valence-electron chi connectivity index (χ1n) is 9.87. The summed E-state index contributed by atoms with van der Waals surface area (Å²) < 4.78 is 10.7. The maximum atomic E-state index is 12.0. The molecule has 1 aromatic carbocycles. The van der Waals surface area contributed by atoms with Crippen LogP contribution in [-0.4, -0.2) is 18.5 Å². The van der Waals surface area contributed by atoms with E-state index in [-0.39, 0.29) is 11.9 Å². The first kappa shape index (κ1) is 22.2. The SMILES string of the molecule is CCCCCCCCC(=O)Oc1ccccc1OC(=O)CCCCCN. The minimum Gasteiger partial charge on any atom is -0.423 e. The molecule has 0 aliphatic heterocycles. The first-order chi connectivity index (χ1) is 12.7. The molecule has 0 saturated heterocycles. The van der Waals surface area contributed by atoms with Crippen LogP contribution in [0.3, 0.4) is 0 Å². The lowest BCUT2D eigenvalue weighted by molar-refractivity contribution is -0.137. The van der Waals surface area contributed by atoms with Gasteiger partial charge in [-0.25, -0.2) is 0 Å². The zero-order valence-corrected chi connectivity index (χ0v) is 16.0. The molecule has 0 unspecified atom stereocenters. The summed E-state index contributed by atoms with van der Waals surface area (Å²) in [5.41, 5.74) is 5.44. The molecule has 1 aromatic rings. The second-order valence-electron chi connectivity index (χ2n) is 6.51. The Bertz CT molecular complexity index is 530. The van der Waals surface area contributed by atoms with Crippen molar-refractivity contribution in [1.29, 1.82) is 0 Å². The Kier molecular flexibility index (Phi) is 12.2. The summed E-state index contributed by atoms with van der Waals surface area (Å²) in [6.07, 6.45) is 9.96. The minimum atomic E-state index is -0.318. The Balaban J connectivity index is 2.37. The lowest BCUT2D eigenvalue weighted by atomic mass is 10.1. The van der Waals surface area contributed by atoms with Gasteiger partial charge >= 0.3 is 11.9 Å². The molecule has 0 saturated carbocycles. The standard InChI is InChI=1S/C21H33NO4/c1-2-3-4-5-6-8-15-20(23)25-18-13-10-11-14-19(18)26-21(24)16-9-7-12-17-22/h10-11,13-14H,2-9,12,15-17,22H2,1H3. The largest absolute Gasteiger partial charge is 0.423 e. The fourth-order valence-electron chi connectivity index (χ4n) is 2.61. The zero-order valence-electron chi connectivity index (χ0n) is 16.0. The molecule has 2 N–H and O–H groups in total. The van der Waals surface area contributed by atoms with E-state index in [9.17, 15) is 9.59 Å². The number of hydrogen-bond donors (Lipinski definition) is 1. The summed E-state index contributed by atoms with van der Waals surface area (Å²) in [4.78, 5) is 23.9. The van der Waals surface area contributed by atoms with E-state index in [4.69, 9.17) is 15.2 Å². The number of para-hydroxylation sites is 2. The minimum absolute atomic E-state index is 0.285. The predicted octanol–water partition coefficient (Wildman–Crippen LogP) is 4.77. The molecule has 146 valence electrons. The number of hydrogen-bond acceptors (Lipinski definition) is 5. The fourth-order valence-corrected chi connectivity index (χ4v) is 2.61. The molecule has 0 aliphatic rings. The van der Waals surface area contributed by atoms with Gasteiger partial charge in [0.1, 0.15) is 0 Å². The van der Waals surface area contributed by atoms with Crippen LogP contribution in [0.4, 0.5) is 0 Å². The summed E-state index contributed by atoms with van der Waals surface area (Å²) in [6, 6.07) is 6.80.